The number of aryl methyl sites for hydroxylation is 1. The van der Waals surface area contributed by atoms with Gasteiger partial charge in [0.25, 0.3) is 0 Å². The fraction of sp³-hybridized carbons (Fsp3) is 0.167. The van der Waals surface area contributed by atoms with Gasteiger partial charge < -0.3 is 10.3 Å². The summed E-state index contributed by atoms with van der Waals surface area (Å²) in [5.41, 5.74) is 10.4. The summed E-state index contributed by atoms with van der Waals surface area (Å²) in [7, 11) is 0. The molecule has 2 N–H and O–H groups in total. The largest absolute Gasteiger partial charge is 0.327 e. The van der Waals surface area contributed by atoms with Crippen molar-refractivity contribution < 1.29 is 0 Å². The molecule has 0 saturated carbocycles. The predicted octanol–water partition coefficient (Wildman–Crippen LogP) is 3.37. The molecule has 3 nitrogen and oxygen atoms in total. The van der Waals surface area contributed by atoms with Gasteiger partial charge in [-0.3, -0.25) is 0 Å². The Bertz CT molecular complexity index is 726. The Balaban J connectivity index is 1.88. The van der Waals surface area contributed by atoms with E-state index in [-0.39, 0.29) is 0 Å². The highest BCUT2D eigenvalue weighted by Gasteiger charge is 2.06. The first-order valence-electron chi connectivity index (χ1n) is 7.12. The lowest BCUT2D eigenvalue weighted by Gasteiger charge is -2.09. The van der Waals surface area contributed by atoms with Crippen LogP contribution in [0.2, 0.25) is 0 Å². The van der Waals surface area contributed by atoms with Crippen molar-refractivity contribution in [3.63, 3.8) is 0 Å². The Hall–Kier alpha value is -2.39. The predicted molar refractivity (Wildman–Crippen MR) is 85.8 cm³/mol. The van der Waals surface area contributed by atoms with Crippen LogP contribution in [0.3, 0.4) is 0 Å². The summed E-state index contributed by atoms with van der Waals surface area (Å²) in [5.74, 6) is 1.00. The molecule has 21 heavy (non-hydrogen) atoms. The molecule has 1 heterocycles. The Labute approximate surface area is 125 Å². The molecule has 0 saturated heterocycles. The van der Waals surface area contributed by atoms with E-state index in [0.717, 1.165) is 23.5 Å². The normalized spacial score (nSPS) is 10.8. The number of nitrogens with zero attached hydrogens (tertiary/aromatic N) is 2. The fourth-order valence-electron chi connectivity index (χ4n) is 2.46. The van der Waals surface area contributed by atoms with Crippen molar-refractivity contribution in [2.75, 3.05) is 0 Å². The lowest BCUT2D eigenvalue weighted by molar-refractivity contribution is 0.806. The maximum absolute atomic E-state index is 5.63. The van der Waals surface area contributed by atoms with Crippen molar-refractivity contribution in [2.45, 2.75) is 20.0 Å². The van der Waals surface area contributed by atoms with Gasteiger partial charge in [-0.2, -0.15) is 0 Å². The van der Waals surface area contributed by atoms with Crippen LogP contribution in [0.25, 0.3) is 11.4 Å². The quantitative estimate of drug-likeness (QED) is 0.794. The van der Waals surface area contributed by atoms with Gasteiger partial charge in [-0.1, -0.05) is 48.0 Å². The third-order valence-corrected chi connectivity index (χ3v) is 3.60. The number of imidazole rings is 1. The van der Waals surface area contributed by atoms with Crippen molar-refractivity contribution in [3.05, 3.63) is 77.6 Å². The molecule has 0 atom stereocenters. The number of nitrogens with two attached hydrogens (primary N) is 1. The number of aromatic nitrogens is 2. The summed E-state index contributed by atoms with van der Waals surface area (Å²) in [4.78, 5) is 4.50. The molecular formula is C18H19N3. The molecular weight excluding hydrogens is 258 g/mol. The van der Waals surface area contributed by atoms with E-state index in [9.17, 15) is 0 Å². The summed E-state index contributed by atoms with van der Waals surface area (Å²) >= 11 is 0. The third kappa shape index (κ3) is 3.03. The van der Waals surface area contributed by atoms with E-state index in [1.165, 1.54) is 11.1 Å². The van der Waals surface area contributed by atoms with E-state index in [1.54, 1.807) is 0 Å². The van der Waals surface area contributed by atoms with Gasteiger partial charge in [0.2, 0.25) is 0 Å². The average Bonchev–Trinajstić information content (AvgIpc) is 2.96. The second-order valence-corrected chi connectivity index (χ2v) is 5.27. The molecule has 3 aromatic rings. The summed E-state index contributed by atoms with van der Waals surface area (Å²) in [6.07, 6.45) is 3.88. The van der Waals surface area contributed by atoms with Crippen molar-refractivity contribution in [1.29, 1.82) is 0 Å². The van der Waals surface area contributed by atoms with Gasteiger partial charge in [0, 0.05) is 31.0 Å². The van der Waals surface area contributed by atoms with Crippen LogP contribution in [0.5, 0.6) is 0 Å². The molecule has 0 radical (unpaired) electrons. The van der Waals surface area contributed by atoms with E-state index < -0.39 is 0 Å². The van der Waals surface area contributed by atoms with E-state index in [2.05, 4.69) is 65.0 Å². The first-order valence-corrected chi connectivity index (χ1v) is 7.12. The number of hydrogen-bond acceptors (Lipinski definition) is 2. The summed E-state index contributed by atoms with van der Waals surface area (Å²) in [5, 5.41) is 0. The molecule has 0 aliphatic carbocycles. The van der Waals surface area contributed by atoms with Crippen molar-refractivity contribution >= 4 is 0 Å². The van der Waals surface area contributed by atoms with Crippen LogP contribution in [0.15, 0.2) is 60.9 Å². The lowest BCUT2D eigenvalue weighted by Crippen LogP contribution is -2.02. The fourth-order valence-corrected chi connectivity index (χ4v) is 2.46. The van der Waals surface area contributed by atoms with Gasteiger partial charge in [-0.25, -0.2) is 4.98 Å². The van der Waals surface area contributed by atoms with Crippen LogP contribution in [-0.2, 0) is 13.1 Å². The SMILES string of the molecule is Cc1cccc(-c2nccn2Cc2ccc(CN)cc2)c1. The van der Waals surface area contributed by atoms with Gasteiger partial charge in [-0.05, 0) is 24.1 Å². The maximum Gasteiger partial charge on any atom is 0.140 e. The van der Waals surface area contributed by atoms with Gasteiger partial charge in [-0.15, -0.1) is 0 Å². The smallest absolute Gasteiger partial charge is 0.140 e. The van der Waals surface area contributed by atoms with Gasteiger partial charge in [0.1, 0.15) is 5.82 Å². The second-order valence-electron chi connectivity index (χ2n) is 5.27. The van der Waals surface area contributed by atoms with Gasteiger partial charge in [0.15, 0.2) is 0 Å². The maximum atomic E-state index is 5.63. The molecule has 0 amide bonds. The third-order valence-electron chi connectivity index (χ3n) is 3.60. The molecule has 2 aromatic carbocycles. The van der Waals surface area contributed by atoms with E-state index in [0.29, 0.717) is 6.54 Å². The van der Waals surface area contributed by atoms with Crippen LogP contribution in [-0.4, -0.2) is 9.55 Å². The summed E-state index contributed by atoms with van der Waals surface area (Å²) in [6, 6.07) is 16.9. The molecule has 0 unspecified atom stereocenters. The standard InChI is InChI=1S/C18H19N3/c1-14-3-2-4-17(11-14)18-20-9-10-21(18)13-16-7-5-15(12-19)6-8-16/h2-11H,12-13,19H2,1H3. The first kappa shape index (κ1) is 13.6. The van der Waals surface area contributed by atoms with E-state index in [1.807, 2.05) is 12.4 Å². The molecule has 3 rings (SSSR count). The molecule has 106 valence electrons. The zero-order chi connectivity index (χ0) is 14.7. The minimum absolute atomic E-state index is 0.583. The van der Waals surface area contributed by atoms with Crippen molar-refractivity contribution in [1.82, 2.24) is 9.55 Å². The van der Waals surface area contributed by atoms with E-state index in [4.69, 9.17) is 5.73 Å². The molecule has 0 bridgehead atoms. The number of rotatable bonds is 4. The van der Waals surface area contributed by atoms with Crippen molar-refractivity contribution in [2.24, 2.45) is 5.73 Å². The minimum Gasteiger partial charge on any atom is -0.327 e. The summed E-state index contributed by atoms with van der Waals surface area (Å²) in [6.45, 7) is 3.50. The van der Waals surface area contributed by atoms with Crippen LogP contribution < -0.4 is 5.73 Å². The highest BCUT2D eigenvalue weighted by atomic mass is 15.1. The van der Waals surface area contributed by atoms with Crippen LogP contribution in [0, 0.1) is 6.92 Å². The topological polar surface area (TPSA) is 43.8 Å². The molecule has 1 aromatic heterocycles. The lowest BCUT2D eigenvalue weighted by atomic mass is 10.1. The van der Waals surface area contributed by atoms with Crippen LogP contribution >= 0.6 is 0 Å². The minimum atomic E-state index is 0.583. The Morgan fingerprint density at radius 2 is 1.81 bits per heavy atom. The van der Waals surface area contributed by atoms with Crippen LogP contribution in [0.4, 0.5) is 0 Å². The Kier molecular flexibility index (Phi) is 3.84. The Morgan fingerprint density at radius 1 is 1.05 bits per heavy atom. The number of benzene rings is 2. The summed E-state index contributed by atoms with van der Waals surface area (Å²) < 4.78 is 2.17. The second kappa shape index (κ2) is 5.94. The van der Waals surface area contributed by atoms with Crippen LogP contribution in [0.1, 0.15) is 16.7 Å². The molecule has 0 spiro atoms. The Morgan fingerprint density at radius 3 is 2.52 bits per heavy atom. The first-order chi connectivity index (χ1) is 10.3. The van der Waals surface area contributed by atoms with E-state index >= 15 is 0 Å². The molecule has 0 aliphatic heterocycles. The van der Waals surface area contributed by atoms with Gasteiger partial charge >= 0.3 is 0 Å². The molecule has 0 fully saturated rings. The highest BCUT2D eigenvalue weighted by molar-refractivity contribution is 5.56. The zero-order valence-electron chi connectivity index (χ0n) is 12.2. The monoisotopic (exact) mass is 277 g/mol. The van der Waals surface area contributed by atoms with Crippen molar-refractivity contribution in [3.8, 4) is 11.4 Å². The van der Waals surface area contributed by atoms with Gasteiger partial charge in [0.05, 0.1) is 0 Å². The highest BCUT2D eigenvalue weighted by Crippen LogP contribution is 2.19. The number of hydrogen-bond donors (Lipinski definition) is 1. The molecule has 0 aliphatic rings. The molecule has 3 heteroatoms. The average molecular weight is 277 g/mol. The zero-order valence-corrected chi connectivity index (χ0v) is 12.2.